The molecule has 3 aromatic rings. The Balaban J connectivity index is 1.49. The number of benzene rings is 1. The number of hydrogen-bond donors (Lipinski definition) is 0. The SMILES string of the molecule is COc1ccc(CN2CCc3nc(-c4ccncc4)ncc3C2)cc1OC. The summed E-state index contributed by atoms with van der Waals surface area (Å²) in [4.78, 5) is 15.8. The third-order valence-corrected chi connectivity index (χ3v) is 4.81. The Bertz CT molecular complexity index is 931. The van der Waals surface area contributed by atoms with Crippen molar-refractivity contribution in [2.45, 2.75) is 19.5 Å². The molecule has 4 rings (SSSR count). The molecule has 0 fully saturated rings. The van der Waals surface area contributed by atoms with Crippen molar-refractivity contribution in [3.63, 3.8) is 0 Å². The van der Waals surface area contributed by atoms with Crippen molar-refractivity contribution >= 4 is 0 Å². The van der Waals surface area contributed by atoms with Crippen LogP contribution in [0.25, 0.3) is 11.4 Å². The minimum Gasteiger partial charge on any atom is -0.493 e. The van der Waals surface area contributed by atoms with Gasteiger partial charge in [-0.05, 0) is 29.8 Å². The van der Waals surface area contributed by atoms with Gasteiger partial charge in [-0.1, -0.05) is 6.07 Å². The number of nitrogens with zero attached hydrogens (tertiary/aromatic N) is 4. The Morgan fingerprint density at radius 3 is 2.63 bits per heavy atom. The van der Waals surface area contributed by atoms with E-state index in [1.54, 1.807) is 26.6 Å². The van der Waals surface area contributed by atoms with Gasteiger partial charge in [-0.3, -0.25) is 9.88 Å². The van der Waals surface area contributed by atoms with Crippen LogP contribution in [-0.4, -0.2) is 40.6 Å². The maximum Gasteiger partial charge on any atom is 0.161 e. The number of rotatable bonds is 5. The molecule has 1 aliphatic heterocycles. The molecule has 0 bridgehead atoms. The monoisotopic (exact) mass is 362 g/mol. The highest BCUT2D eigenvalue weighted by Gasteiger charge is 2.19. The van der Waals surface area contributed by atoms with Gasteiger partial charge in [0.15, 0.2) is 17.3 Å². The van der Waals surface area contributed by atoms with Gasteiger partial charge in [-0.2, -0.15) is 0 Å². The average Bonchev–Trinajstić information content (AvgIpc) is 2.74. The summed E-state index contributed by atoms with van der Waals surface area (Å²) < 4.78 is 10.7. The van der Waals surface area contributed by atoms with Gasteiger partial charge in [0.1, 0.15) is 0 Å². The van der Waals surface area contributed by atoms with Crippen LogP contribution >= 0.6 is 0 Å². The first-order valence-electron chi connectivity index (χ1n) is 8.95. The maximum absolute atomic E-state index is 5.41. The summed E-state index contributed by atoms with van der Waals surface area (Å²) in [5, 5.41) is 0. The molecule has 27 heavy (non-hydrogen) atoms. The van der Waals surface area contributed by atoms with E-state index in [9.17, 15) is 0 Å². The van der Waals surface area contributed by atoms with Gasteiger partial charge in [0.2, 0.25) is 0 Å². The van der Waals surface area contributed by atoms with Crippen LogP contribution in [0, 0.1) is 0 Å². The van der Waals surface area contributed by atoms with Crippen molar-refractivity contribution in [2.75, 3.05) is 20.8 Å². The fourth-order valence-corrected chi connectivity index (χ4v) is 3.39. The molecule has 0 aliphatic carbocycles. The predicted molar refractivity (Wildman–Crippen MR) is 103 cm³/mol. The normalized spacial score (nSPS) is 13.9. The molecule has 2 aromatic heterocycles. The summed E-state index contributed by atoms with van der Waals surface area (Å²) in [6, 6.07) is 9.95. The van der Waals surface area contributed by atoms with E-state index in [4.69, 9.17) is 14.5 Å². The molecule has 6 heteroatoms. The van der Waals surface area contributed by atoms with Gasteiger partial charge >= 0.3 is 0 Å². The van der Waals surface area contributed by atoms with Crippen molar-refractivity contribution in [3.05, 3.63) is 65.7 Å². The first kappa shape index (κ1) is 17.4. The molecule has 0 unspecified atom stereocenters. The molecule has 0 saturated heterocycles. The van der Waals surface area contributed by atoms with Gasteiger partial charge in [-0.25, -0.2) is 9.97 Å². The van der Waals surface area contributed by atoms with E-state index in [1.165, 1.54) is 11.1 Å². The molecule has 0 spiro atoms. The van der Waals surface area contributed by atoms with Crippen molar-refractivity contribution in [2.24, 2.45) is 0 Å². The highest BCUT2D eigenvalue weighted by Crippen LogP contribution is 2.29. The van der Waals surface area contributed by atoms with Gasteiger partial charge in [0.25, 0.3) is 0 Å². The van der Waals surface area contributed by atoms with Crippen LogP contribution < -0.4 is 9.47 Å². The second kappa shape index (κ2) is 7.72. The van der Waals surface area contributed by atoms with Crippen LogP contribution in [0.1, 0.15) is 16.8 Å². The molecule has 0 radical (unpaired) electrons. The molecule has 0 N–H and O–H groups in total. The largest absolute Gasteiger partial charge is 0.493 e. The minimum atomic E-state index is 0.752. The van der Waals surface area contributed by atoms with E-state index in [1.807, 2.05) is 30.5 Å². The van der Waals surface area contributed by atoms with E-state index < -0.39 is 0 Å². The van der Waals surface area contributed by atoms with E-state index in [0.717, 1.165) is 54.6 Å². The van der Waals surface area contributed by atoms with Crippen LogP contribution in [0.3, 0.4) is 0 Å². The van der Waals surface area contributed by atoms with Crippen molar-refractivity contribution in [1.82, 2.24) is 19.9 Å². The Morgan fingerprint density at radius 1 is 1.04 bits per heavy atom. The molecular formula is C21H22N4O2. The van der Waals surface area contributed by atoms with E-state index in [-0.39, 0.29) is 0 Å². The number of ether oxygens (including phenoxy) is 2. The number of methoxy groups -OCH3 is 2. The fraction of sp³-hybridized carbons (Fsp3) is 0.286. The van der Waals surface area contributed by atoms with Crippen LogP contribution in [0.4, 0.5) is 0 Å². The molecule has 6 nitrogen and oxygen atoms in total. The standard InChI is InChI=1S/C21H22N4O2/c1-26-19-4-3-15(11-20(19)27-2)13-25-10-7-18-17(14-25)12-23-21(24-18)16-5-8-22-9-6-16/h3-6,8-9,11-12H,7,10,13-14H2,1-2H3. The van der Waals surface area contributed by atoms with Gasteiger partial charge < -0.3 is 9.47 Å². The summed E-state index contributed by atoms with van der Waals surface area (Å²) in [7, 11) is 3.32. The van der Waals surface area contributed by atoms with Crippen LogP contribution in [0.15, 0.2) is 48.9 Å². The Kier molecular flexibility index (Phi) is 4.98. The number of hydrogen-bond acceptors (Lipinski definition) is 6. The van der Waals surface area contributed by atoms with E-state index in [2.05, 4.69) is 20.9 Å². The number of fused-ring (bicyclic) bond motifs is 1. The van der Waals surface area contributed by atoms with Crippen molar-refractivity contribution in [1.29, 1.82) is 0 Å². The highest BCUT2D eigenvalue weighted by atomic mass is 16.5. The number of aromatic nitrogens is 3. The van der Waals surface area contributed by atoms with E-state index in [0.29, 0.717) is 0 Å². The fourth-order valence-electron chi connectivity index (χ4n) is 3.39. The third-order valence-electron chi connectivity index (χ3n) is 4.81. The number of pyridine rings is 1. The summed E-state index contributed by atoms with van der Waals surface area (Å²) in [6.07, 6.45) is 6.41. The lowest BCUT2D eigenvalue weighted by atomic mass is 10.1. The van der Waals surface area contributed by atoms with Crippen molar-refractivity contribution < 1.29 is 9.47 Å². The van der Waals surface area contributed by atoms with Crippen LogP contribution in [0.2, 0.25) is 0 Å². The molecular weight excluding hydrogens is 340 g/mol. The topological polar surface area (TPSA) is 60.4 Å². The summed E-state index contributed by atoms with van der Waals surface area (Å²) in [5.41, 5.74) is 4.53. The Morgan fingerprint density at radius 2 is 1.85 bits per heavy atom. The molecule has 3 heterocycles. The first-order valence-corrected chi connectivity index (χ1v) is 8.95. The highest BCUT2D eigenvalue weighted by molar-refractivity contribution is 5.54. The first-order chi connectivity index (χ1) is 13.3. The second-order valence-corrected chi connectivity index (χ2v) is 6.55. The third kappa shape index (κ3) is 3.75. The maximum atomic E-state index is 5.41. The predicted octanol–water partition coefficient (Wildman–Crippen LogP) is 3.11. The summed E-state index contributed by atoms with van der Waals surface area (Å²) >= 11 is 0. The zero-order chi connectivity index (χ0) is 18.6. The summed E-state index contributed by atoms with van der Waals surface area (Å²) in [5.74, 6) is 2.28. The van der Waals surface area contributed by atoms with Crippen LogP contribution in [0.5, 0.6) is 11.5 Å². The molecule has 138 valence electrons. The Labute approximate surface area is 158 Å². The molecule has 0 amide bonds. The lowest BCUT2D eigenvalue weighted by Crippen LogP contribution is -2.31. The molecule has 1 aromatic carbocycles. The van der Waals surface area contributed by atoms with Crippen LogP contribution in [-0.2, 0) is 19.5 Å². The second-order valence-electron chi connectivity index (χ2n) is 6.55. The van der Waals surface area contributed by atoms with Gasteiger partial charge in [0.05, 0.1) is 19.9 Å². The van der Waals surface area contributed by atoms with Gasteiger partial charge in [0, 0.05) is 55.8 Å². The molecule has 0 atom stereocenters. The summed E-state index contributed by atoms with van der Waals surface area (Å²) in [6.45, 7) is 2.67. The van der Waals surface area contributed by atoms with Crippen molar-refractivity contribution in [3.8, 4) is 22.9 Å². The Hall–Kier alpha value is -2.99. The smallest absolute Gasteiger partial charge is 0.161 e. The average molecular weight is 362 g/mol. The lowest BCUT2D eigenvalue weighted by Gasteiger charge is -2.28. The zero-order valence-electron chi connectivity index (χ0n) is 15.6. The minimum absolute atomic E-state index is 0.752. The zero-order valence-corrected chi connectivity index (χ0v) is 15.6. The molecule has 1 aliphatic rings. The van der Waals surface area contributed by atoms with E-state index >= 15 is 0 Å². The van der Waals surface area contributed by atoms with Gasteiger partial charge in [-0.15, -0.1) is 0 Å². The quantitative estimate of drug-likeness (QED) is 0.695. The molecule has 0 saturated carbocycles. The lowest BCUT2D eigenvalue weighted by molar-refractivity contribution is 0.242.